The molecule has 0 unspecified atom stereocenters. The van der Waals surface area contributed by atoms with Gasteiger partial charge < -0.3 is 15.0 Å². The van der Waals surface area contributed by atoms with E-state index in [1.165, 1.54) is 21.5 Å². The zero-order valence-electron chi connectivity index (χ0n) is 20.1. The van der Waals surface area contributed by atoms with Crippen LogP contribution in [0.15, 0.2) is 41.3 Å². The summed E-state index contributed by atoms with van der Waals surface area (Å²) in [5, 5.41) is 2.80. The van der Waals surface area contributed by atoms with Gasteiger partial charge in [0.1, 0.15) is 5.75 Å². The molecule has 0 spiro atoms. The fourth-order valence-corrected chi connectivity index (χ4v) is 6.95. The molecule has 8 nitrogen and oxygen atoms in total. The molecule has 2 aromatic rings. The minimum Gasteiger partial charge on any atom is -0.478 e. The van der Waals surface area contributed by atoms with Crippen molar-refractivity contribution in [1.29, 1.82) is 0 Å². The average Bonchev–Trinajstić information content (AvgIpc) is 2.87. The SMILES string of the molecule is CC[C@@H]1Oc2cc(S(=O)(=O)N3CCC(C(=O)N4CCc5ccccc5C4)CC3)c(C)cc2NC1=O. The first-order chi connectivity index (χ1) is 16.8. The van der Waals surface area contributed by atoms with Crippen LogP contribution in [0.3, 0.4) is 0 Å². The van der Waals surface area contributed by atoms with Gasteiger partial charge >= 0.3 is 0 Å². The van der Waals surface area contributed by atoms with Crippen LogP contribution in [0, 0.1) is 12.8 Å². The smallest absolute Gasteiger partial charge is 0.265 e. The number of hydrogen-bond acceptors (Lipinski definition) is 5. The number of hydrogen-bond donors (Lipinski definition) is 1. The Morgan fingerprint density at radius 1 is 1.11 bits per heavy atom. The van der Waals surface area contributed by atoms with Crippen LogP contribution in [0.4, 0.5) is 5.69 Å². The van der Waals surface area contributed by atoms with Crippen molar-refractivity contribution in [2.75, 3.05) is 25.0 Å². The molecule has 2 amide bonds. The van der Waals surface area contributed by atoms with Crippen molar-refractivity contribution in [3.8, 4) is 5.75 Å². The maximum atomic E-state index is 13.5. The van der Waals surface area contributed by atoms with E-state index in [9.17, 15) is 18.0 Å². The van der Waals surface area contributed by atoms with Crippen molar-refractivity contribution in [3.05, 3.63) is 53.1 Å². The Bertz CT molecular complexity index is 1270. The van der Waals surface area contributed by atoms with E-state index in [2.05, 4.69) is 17.4 Å². The standard InChI is InChI=1S/C26H31N3O5S/c1-3-22-25(30)27-21-14-17(2)24(15-23(21)34-22)35(32,33)29-12-9-19(10-13-29)26(31)28-11-8-18-6-4-5-7-20(18)16-28/h4-7,14-15,19,22H,3,8-13,16H2,1-2H3,(H,27,30)/t22-/m0/s1. The number of piperidine rings is 1. The van der Waals surface area contributed by atoms with E-state index in [1.54, 1.807) is 13.0 Å². The number of nitrogens with zero attached hydrogens (tertiary/aromatic N) is 2. The van der Waals surface area contributed by atoms with Crippen molar-refractivity contribution < 1.29 is 22.7 Å². The van der Waals surface area contributed by atoms with E-state index in [0.717, 1.165) is 6.42 Å². The van der Waals surface area contributed by atoms with Gasteiger partial charge in [-0.25, -0.2) is 8.42 Å². The molecular weight excluding hydrogens is 466 g/mol. The molecule has 1 N–H and O–H groups in total. The second-order valence-corrected chi connectivity index (χ2v) is 11.5. The third kappa shape index (κ3) is 4.43. The topological polar surface area (TPSA) is 96.0 Å². The Hall–Kier alpha value is -2.91. The highest BCUT2D eigenvalue weighted by Crippen LogP contribution is 2.37. The number of carbonyl (C=O) groups is 2. The van der Waals surface area contributed by atoms with Crippen molar-refractivity contribution in [2.24, 2.45) is 5.92 Å². The number of nitrogens with one attached hydrogen (secondary N) is 1. The van der Waals surface area contributed by atoms with E-state index in [0.29, 0.717) is 62.4 Å². The van der Waals surface area contributed by atoms with Gasteiger partial charge in [0.2, 0.25) is 15.9 Å². The Labute approximate surface area is 206 Å². The normalized spacial score (nSPS) is 21.0. The van der Waals surface area contributed by atoms with Gasteiger partial charge in [0.05, 0.1) is 10.6 Å². The largest absolute Gasteiger partial charge is 0.478 e. The number of benzene rings is 2. The summed E-state index contributed by atoms with van der Waals surface area (Å²) in [6, 6.07) is 11.4. The summed E-state index contributed by atoms with van der Waals surface area (Å²) in [7, 11) is -3.76. The first kappa shape index (κ1) is 23.8. The molecule has 1 fully saturated rings. The van der Waals surface area contributed by atoms with Crippen LogP contribution in [0.1, 0.15) is 42.9 Å². The third-order valence-electron chi connectivity index (χ3n) is 7.33. The second-order valence-electron chi connectivity index (χ2n) is 9.57. The lowest BCUT2D eigenvalue weighted by atomic mass is 9.94. The highest BCUT2D eigenvalue weighted by atomic mass is 32.2. The molecule has 9 heteroatoms. The molecule has 0 bridgehead atoms. The van der Waals surface area contributed by atoms with E-state index in [4.69, 9.17) is 4.74 Å². The molecule has 3 aliphatic heterocycles. The average molecular weight is 498 g/mol. The second kappa shape index (κ2) is 9.28. The van der Waals surface area contributed by atoms with Gasteiger partial charge in [0, 0.05) is 38.2 Å². The zero-order chi connectivity index (χ0) is 24.7. The molecule has 3 heterocycles. The quantitative estimate of drug-likeness (QED) is 0.700. The van der Waals surface area contributed by atoms with Gasteiger partial charge in [0.25, 0.3) is 5.91 Å². The number of fused-ring (bicyclic) bond motifs is 2. The van der Waals surface area contributed by atoms with Gasteiger partial charge in [-0.05, 0) is 55.4 Å². The summed E-state index contributed by atoms with van der Waals surface area (Å²) < 4.78 is 34.3. The van der Waals surface area contributed by atoms with Gasteiger partial charge in [-0.15, -0.1) is 0 Å². The number of carbonyl (C=O) groups excluding carboxylic acids is 2. The summed E-state index contributed by atoms with van der Waals surface area (Å²) in [6.45, 7) is 5.49. The molecule has 5 rings (SSSR count). The molecule has 3 aliphatic rings. The molecule has 0 aliphatic carbocycles. The van der Waals surface area contributed by atoms with Gasteiger partial charge in [-0.3, -0.25) is 9.59 Å². The van der Waals surface area contributed by atoms with Gasteiger partial charge in [0.15, 0.2) is 6.10 Å². The lowest BCUT2D eigenvalue weighted by Gasteiger charge is -2.36. The van der Waals surface area contributed by atoms with Crippen molar-refractivity contribution in [1.82, 2.24) is 9.21 Å². The number of sulfonamides is 1. The summed E-state index contributed by atoms with van der Waals surface area (Å²) in [6.07, 6.45) is 1.72. The number of anilines is 1. The van der Waals surface area contributed by atoms with Gasteiger partial charge in [-0.1, -0.05) is 31.2 Å². The third-order valence-corrected chi connectivity index (χ3v) is 9.37. The van der Waals surface area contributed by atoms with E-state index in [1.807, 2.05) is 24.0 Å². The summed E-state index contributed by atoms with van der Waals surface area (Å²) >= 11 is 0. The molecule has 0 saturated carbocycles. The minimum atomic E-state index is -3.76. The number of ether oxygens (including phenoxy) is 1. The molecule has 2 aromatic carbocycles. The highest BCUT2D eigenvalue weighted by Gasteiger charge is 2.36. The van der Waals surface area contributed by atoms with Crippen LogP contribution in [0.25, 0.3) is 0 Å². The lowest BCUT2D eigenvalue weighted by molar-refractivity contribution is -0.137. The van der Waals surface area contributed by atoms with Crippen molar-refractivity contribution in [2.45, 2.75) is 57.1 Å². The number of rotatable bonds is 4. The lowest BCUT2D eigenvalue weighted by Crippen LogP contribution is -2.45. The van der Waals surface area contributed by atoms with Crippen LogP contribution in [0.5, 0.6) is 5.75 Å². The van der Waals surface area contributed by atoms with Crippen molar-refractivity contribution >= 4 is 27.5 Å². The number of aryl methyl sites for hydroxylation is 1. The number of amides is 2. The molecule has 1 saturated heterocycles. The molecule has 0 radical (unpaired) electrons. The van der Waals surface area contributed by atoms with E-state index < -0.39 is 16.1 Å². The van der Waals surface area contributed by atoms with Crippen LogP contribution >= 0.6 is 0 Å². The fourth-order valence-electron chi connectivity index (χ4n) is 5.26. The maximum absolute atomic E-state index is 13.5. The Kier molecular flexibility index (Phi) is 6.31. The van der Waals surface area contributed by atoms with Crippen LogP contribution in [-0.4, -0.2) is 55.2 Å². The predicted octanol–water partition coefficient (Wildman–Crippen LogP) is 3.09. The van der Waals surface area contributed by atoms with Crippen LogP contribution < -0.4 is 10.1 Å². The molecule has 35 heavy (non-hydrogen) atoms. The zero-order valence-corrected chi connectivity index (χ0v) is 20.9. The minimum absolute atomic E-state index is 0.122. The maximum Gasteiger partial charge on any atom is 0.265 e. The summed E-state index contributed by atoms with van der Waals surface area (Å²) in [5.74, 6) is 0.103. The van der Waals surface area contributed by atoms with Crippen LogP contribution in [-0.2, 0) is 32.6 Å². The molecule has 186 valence electrons. The highest BCUT2D eigenvalue weighted by molar-refractivity contribution is 7.89. The fraction of sp³-hybridized carbons (Fsp3) is 0.462. The van der Waals surface area contributed by atoms with Gasteiger partial charge in [-0.2, -0.15) is 4.31 Å². The Morgan fingerprint density at radius 3 is 2.54 bits per heavy atom. The van der Waals surface area contributed by atoms with Crippen molar-refractivity contribution in [3.63, 3.8) is 0 Å². The molecular formula is C26H31N3O5S. The summed E-state index contributed by atoms with van der Waals surface area (Å²) in [4.78, 5) is 27.4. The van der Waals surface area contributed by atoms with E-state index >= 15 is 0 Å². The van der Waals surface area contributed by atoms with Crippen LogP contribution in [0.2, 0.25) is 0 Å². The van der Waals surface area contributed by atoms with E-state index in [-0.39, 0.29) is 22.6 Å². The molecule has 0 aromatic heterocycles. The monoisotopic (exact) mass is 497 g/mol. The molecule has 1 atom stereocenters. The first-order valence-electron chi connectivity index (χ1n) is 12.3. The first-order valence-corrected chi connectivity index (χ1v) is 13.7. The predicted molar refractivity (Wildman–Crippen MR) is 132 cm³/mol. The Morgan fingerprint density at radius 2 is 1.83 bits per heavy atom. The summed E-state index contributed by atoms with van der Waals surface area (Å²) in [5.41, 5.74) is 3.53. The Balaban J connectivity index is 1.27.